The van der Waals surface area contributed by atoms with Gasteiger partial charge in [0.25, 0.3) is 0 Å². The quantitative estimate of drug-likeness (QED) is 0.603. The third-order valence-electron chi connectivity index (χ3n) is 3.25. The molecule has 0 aromatic heterocycles. The van der Waals surface area contributed by atoms with E-state index in [0.29, 0.717) is 5.92 Å². The van der Waals surface area contributed by atoms with E-state index in [1.165, 1.54) is 32.1 Å². The third-order valence-corrected chi connectivity index (χ3v) is 3.25. The van der Waals surface area contributed by atoms with Crippen molar-refractivity contribution < 1.29 is 0 Å². The Hall–Kier alpha value is -1.48. The van der Waals surface area contributed by atoms with E-state index < -0.39 is 0 Å². The Morgan fingerprint density at radius 3 is 3.18 bits per heavy atom. The minimum Gasteiger partial charge on any atom is -0.0979 e. The molecule has 0 bridgehead atoms. The Balaban J connectivity index is 1.97. The molecular weight excluding hydrogens is 204 g/mol. The Labute approximate surface area is 105 Å². The molecule has 0 spiro atoms. The molecule has 88 valence electrons. The summed E-state index contributed by atoms with van der Waals surface area (Å²) in [6.45, 7) is 0. The molecule has 0 saturated heterocycles. The van der Waals surface area contributed by atoms with Gasteiger partial charge in [0.1, 0.15) is 0 Å². The molecule has 2 rings (SSSR count). The Morgan fingerprint density at radius 1 is 1.18 bits per heavy atom. The van der Waals surface area contributed by atoms with Gasteiger partial charge in [0.15, 0.2) is 0 Å². The van der Waals surface area contributed by atoms with Crippen LogP contribution in [0.3, 0.4) is 0 Å². The van der Waals surface area contributed by atoms with Gasteiger partial charge in [-0.25, -0.2) is 0 Å². The van der Waals surface area contributed by atoms with Gasteiger partial charge in [-0.1, -0.05) is 53.9 Å². The van der Waals surface area contributed by atoms with Gasteiger partial charge in [0.05, 0.1) is 0 Å². The van der Waals surface area contributed by atoms with Crippen molar-refractivity contribution in [2.24, 2.45) is 5.92 Å². The molecule has 17 heavy (non-hydrogen) atoms. The first-order chi connectivity index (χ1) is 8.45. The molecule has 2 aliphatic rings. The smallest absolute Gasteiger partial charge is 0.0158 e. The summed E-state index contributed by atoms with van der Waals surface area (Å²) < 4.78 is 0. The van der Waals surface area contributed by atoms with Crippen molar-refractivity contribution in [1.82, 2.24) is 0 Å². The maximum absolute atomic E-state index is 3.22. The van der Waals surface area contributed by atoms with Gasteiger partial charge in [-0.2, -0.15) is 0 Å². The second-order valence-electron chi connectivity index (χ2n) is 4.73. The van der Waals surface area contributed by atoms with E-state index in [0.717, 1.165) is 6.42 Å². The average Bonchev–Trinajstić information content (AvgIpc) is 2.24. The minimum atomic E-state index is 0.589. The molecule has 0 fully saturated rings. The average molecular weight is 224 g/mol. The molecule has 1 unspecified atom stereocenters. The van der Waals surface area contributed by atoms with Gasteiger partial charge in [-0.3, -0.25) is 0 Å². The molecule has 0 aliphatic heterocycles. The van der Waals surface area contributed by atoms with Gasteiger partial charge in [-0.15, -0.1) is 0 Å². The predicted octanol–water partition coefficient (Wildman–Crippen LogP) is 4.57. The minimum absolute atomic E-state index is 0.589. The lowest BCUT2D eigenvalue weighted by Gasteiger charge is -2.14. The van der Waals surface area contributed by atoms with Crippen LogP contribution in [0.4, 0.5) is 0 Å². The van der Waals surface area contributed by atoms with Crippen LogP contribution in [-0.4, -0.2) is 0 Å². The zero-order valence-corrected chi connectivity index (χ0v) is 10.4. The van der Waals surface area contributed by atoms with Crippen LogP contribution in [0.1, 0.15) is 38.5 Å². The highest BCUT2D eigenvalue weighted by atomic mass is 14.1. The molecule has 0 saturated carbocycles. The fraction of sp³-hybridized carbons (Fsp3) is 0.412. The first-order valence-electron chi connectivity index (χ1n) is 6.61. The van der Waals surface area contributed by atoms with Crippen molar-refractivity contribution in [1.29, 1.82) is 0 Å². The maximum atomic E-state index is 3.22. The Morgan fingerprint density at radius 2 is 2.18 bits per heavy atom. The molecule has 0 N–H and O–H groups in total. The highest BCUT2D eigenvalue weighted by molar-refractivity contribution is 5.24. The summed E-state index contributed by atoms with van der Waals surface area (Å²) in [4.78, 5) is 0. The second kappa shape index (κ2) is 6.97. The summed E-state index contributed by atoms with van der Waals surface area (Å²) in [7, 11) is 0. The van der Waals surface area contributed by atoms with E-state index in [4.69, 9.17) is 0 Å². The van der Waals surface area contributed by atoms with Gasteiger partial charge in [0.2, 0.25) is 0 Å². The second-order valence-corrected chi connectivity index (χ2v) is 4.73. The van der Waals surface area contributed by atoms with Crippen LogP contribution in [0, 0.1) is 17.8 Å². The third kappa shape index (κ3) is 4.49. The molecule has 0 nitrogen and oxygen atoms in total. The number of allylic oxidation sites excluding steroid dienone is 8. The molecule has 0 aromatic rings. The van der Waals surface area contributed by atoms with E-state index >= 15 is 0 Å². The lowest BCUT2D eigenvalue weighted by molar-refractivity contribution is 0.624. The molecular formula is C17H20. The van der Waals surface area contributed by atoms with Gasteiger partial charge < -0.3 is 0 Å². The zero-order chi connectivity index (χ0) is 11.8. The first-order valence-corrected chi connectivity index (χ1v) is 6.61. The van der Waals surface area contributed by atoms with Gasteiger partial charge >= 0.3 is 0 Å². The van der Waals surface area contributed by atoms with Crippen LogP contribution >= 0.6 is 0 Å². The van der Waals surface area contributed by atoms with Gasteiger partial charge in [-0.05, 0) is 44.1 Å². The normalized spacial score (nSPS) is 23.8. The number of rotatable bonds is 2. The summed E-state index contributed by atoms with van der Waals surface area (Å²) in [5.41, 5.74) is 1.59. The standard InChI is InChI=1S/C17H20/c1-3-7-11-16(12-8-4-1)15-17-13-9-5-2-6-10-14-17/h1,3,5,7,9,11,13,16H,2,6,10,12,14-15H2. The number of hydrogen-bond acceptors (Lipinski definition) is 0. The summed E-state index contributed by atoms with van der Waals surface area (Å²) >= 11 is 0. The molecule has 0 aromatic carbocycles. The summed E-state index contributed by atoms with van der Waals surface area (Å²) in [5, 5.41) is 0. The maximum Gasteiger partial charge on any atom is 0.0158 e. The van der Waals surface area contributed by atoms with Crippen molar-refractivity contribution in [3.63, 3.8) is 0 Å². The topological polar surface area (TPSA) is 0 Å². The molecule has 2 aliphatic carbocycles. The van der Waals surface area contributed by atoms with E-state index in [2.05, 4.69) is 42.2 Å². The molecule has 0 heteroatoms. The van der Waals surface area contributed by atoms with E-state index in [1.54, 1.807) is 5.57 Å². The predicted molar refractivity (Wildman–Crippen MR) is 74.5 cm³/mol. The van der Waals surface area contributed by atoms with Crippen LogP contribution < -0.4 is 0 Å². The largest absolute Gasteiger partial charge is 0.0979 e. The van der Waals surface area contributed by atoms with Crippen molar-refractivity contribution in [2.75, 3.05) is 0 Å². The highest BCUT2D eigenvalue weighted by Gasteiger charge is 2.07. The zero-order valence-electron chi connectivity index (χ0n) is 10.4. The van der Waals surface area contributed by atoms with Crippen molar-refractivity contribution in [2.45, 2.75) is 38.5 Å². The number of hydrogen-bond donors (Lipinski definition) is 0. The fourth-order valence-electron chi connectivity index (χ4n) is 2.29. The monoisotopic (exact) mass is 224 g/mol. The fourth-order valence-corrected chi connectivity index (χ4v) is 2.29. The van der Waals surface area contributed by atoms with Crippen molar-refractivity contribution >= 4 is 0 Å². The molecule has 1 atom stereocenters. The lowest BCUT2D eigenvalue weighted by atomic mass is 9.91. The van der Waals surface area contributed by atoms with E-state index in [9.17, 15) is 0 Å². The van der Waals surface area contributed by atoms with E-state index in [1.807, 2.05) is 12.2 Å². The van der Waals surface area contributed by atoms with Crippen LogP contribution in [0.5, 0.6) is 0 Å². The lowest BCUT2D eigenvalue weighted by Crippen LogP contribution is -1.99. The molecule has 0 radical (unpaired) electrons. The molecule has 0 heterocycles. The van der Waals surface area contributed by atoms with E-state index in [-0.39, 0.29) is 0 Å². The SMILES string of the molecule is C1#CCC(CC2=CC=CCCCC2)C=CC=C1. The Kier molecular flexibility index (Phi) is 4.91. The molecule has 0 amide bonds. The summed E-state index contributed by atoms with van der Waals surface area (Å²) in [5.74, 6) is 6.87. The van der Waals surface area contributed by atoms with Crippen LogP contribution in [0.25, 0.3) is 0 Å². The van der Waals surface area contributed by atoms with Crippen molar-refractivity contribution in [3.05, 3.63) is 48.1 Å². The summed E-state index contributed by atoms with van der Waals surface area (Å²) in [6, 6.07) is 0. The van der Waals surface area contributed by atoms with Crippen molar-refractivity contribution in [3.8, 4) is 11.8 Å². The van der Waals surface area contributed by atoms with Crippen LogP contribution in [0.2, 0.25) is 0 Å². The van der Waals surface area contributed by atoms with Gasteiger partial charge in [0, 0.05) is 6.42 Å². The Bertz CT molecular complexity index is 407. The van der Waals surface area contributed by atoms with Crippen LogP contribution in [0.15, 0.2) is 48.1 Å². The first kappa shape index (κ1) is 12.0. The summed E-state index contributed by atoms with van der Waals surface area (Å²) in [6.07, 6.45) is 22.5. The highest BCUT2D eigenvalue weighted by Crippen LogP contribution is 2.23. The van der Waals surface area contributed by atoms with Crippen LogP contribution in [-0.2, 0) is 0 Å².